The Labute approximate surface area is 322 Å². The molecule has 0 aliphatic heterocycles. The van der Waals surface area contributed by atoms with Crippen LogP contribution < -0.4 is 0 Å². The summed E-state index contributed by atoms with van der Waals surface area (Å²) in [5, 5.41) is 4.51. The van der Waals surface area contributed by atoms with Crippen LogP contribution in [0.3, 0.4) is 0 Å². The number of benzene rings is 7. The maximum Gasteiger partial charge on any atom is 0.160 e. The van der Waals surface area contributed by atoms with E-state index in [2.05, 4.69) is 143 Å². The lowest BCUT2D eigenvalue weighted by molar-refractivity contribution is 0.669. The zero-order valence-electron chi connectivity index (χ0n) is 30.2. The first-order valence-electron chi connectivity index (χ1n) is 18.8. The molecule has 262 valence electrons. The molecule has 0 saturated carbocycles. The molecule has 0 aliphatic carbocycles. The van der Waals surface area contributed by atoms with Crippen molar-refractivity contribution < 1.29 is 4.42 Å². The van der Waals surface area contributed by atoms with Crippen molar-refractivity contribution in [2.75, 3.05) is 0 Å². The number of hydrogen-bond acceptors (Lipinski definition) is 4. The molecule has 5 nitrogen and oxygen atoms in total. The van der Waals surface area contributed by atoms with Crippen LogP contribution >= 0.6 is 0 Å². The summed E-state index contributed by atoms with van der Waals surface area (Å²) >= 11 is 0. The van der Waals surface area contributed by atoms with Gasteiger partial charge >= 0.3 is 0 Å². The number of rotatable bonds is 6. The number of pyridine rings is 1. The second kappa shape index (κ2) is 13.0. The minimum absolute atomic E-state index is 0.659. The fourth-order valence-electron chi connectivity index (χ4n) is 8.09. The predicted molar refractivity (Wildman–Crippen MR) is 229 cm³/mol. The highest BCUT2D eigenvalue weighted by Gasteiger charge is 2.19. The van der Waals surface area contributed by atoms with E-state index in [1.807, 2.05) is 60.9 Å². The second-order valence-electron chi connectivity index (χ2n) is 14.1. The molecule has 0 aliphatic rings. The number of nitrogens with zero attached hydrogens (tertiary/aromatic N) is 4. The van der Waals surface area contributed by atoms with Gasteiger partial charge in [0.05, 0.1) is 22.4 Å². The Morgan fingerprint density at radius 1 is 0.411 bits per heavy atom. The number of fused-ring (bicyclic) bond motifs is 6. The van der Waals surface area contributed by atoms with Gasteiger partial charge in [-0.25, -0.2) is 9.97 Å². The third-order valence-electron chi connectivity index (χ3n) is 10.7. The van der Waals surface area contributed by atoms with Crippen LogP contribution in [0.1, 0.15) is 0 Å². The molecule has 56 heavy (non-hydrogen) atoms. The van der Waals surface area contributed by atoms with Gasteiger partial charge in [0.2, 0.25) is 0 Å². The first-order chi connectivity index (χ1) is 27.7. The van der Waals surface area contributed by atoms with E-state index in [1.54, 1.807) is 0 Å². The van der Waals surface area contributed by atoms with Gasteiger partial charge < -0.3 is 8.98 Å². The lowest BCUT2D eigenvalue weighted by atomic mass is 9.94. The molecule has 0 amide bonds. The Kier molecular flexibility index (Phi) is 7.42. The lowest BCUT2D eigenvalue weighted by Crippen LogP contribution is -1.97. The summed E-state index contributed by atoms with van der Waals surface area (Å²) in [6.45, 7) is 0. The third kappa shape index (κ3) is 5.37. The van der Waals surface area contributed by atoms with Gasteiger partial charge in [-0.15, -0.1) is 0 Å². The van der Waals surface area contributed by atoms with E-state index >= 15 is 0 Å². The number of furan rings is 1. The van der Waals surface area contributed by atoms with Crippen LogP contribution in [0.15, 0.2) is 199 Å². The molecule has 0 N–H and O–H groups in total. The first kappa shape index (κ1) is 31.9. The van der Waals surface area contributed by atoms with Crippen LogP contribution in [0.5, 0.6) is 0 Å². The molecule has 0 bridgehead atoms. The highest BCUT2D eigenvalue weighted by atomic mass is 16.3. The maximum atomic E-state index is 6.31. The van der Waals surface area contributed by atoms with E-state index in [9.17, 15) is 0 Å². The Morgan fingerprint density at radius 2 is 1.09 bits per heavy atom. The molecular formula is C51H32N4O. The standard InChI is InChI=1S/C51H32N4O/c1-3-13-33(14-4-1)51-53-44(31-45(54-51)41-20-11-23-49-50(41)42-19-8-10-22-48(42)56-49)38-28-36(27-37(29-38)35-15-12-26-52-32-35)34-24-25-47-43(30-34)40-18-7-9-21-46(40)55(47)39-16-5-2-6-17-39/h1-32H. The molecule has 11 aromatic rings. The molecule has 0 fully saturated rings. The van der Waals surface area contributed by atoms with Gasteiger partial charge in [-0.3, -0.25) is 4.98 Å². The van der Waals surface area contributed by atoms with Gasteiger partial charge in [0.1, 0.15) is 11.2 Å². The summed E-state index contributed by atoms with van der Waals surface area (Å²) in [7, 11) is 0. The fourth-order valence-corrected chi connectivity index (χ4v) is 8.09. The Morgan fingerprint density at radius 3 is 1.93 bits per heavy atom. The smallest absolute Gasteiger partial charge is 0.160 e. The predicted octanol–water partition coefficient (Wildman–Crippen LogP) is 13.2. The van der Waals surface area contributed by atoms with Gasteiger partial charge in [0.15, 0.2) is 5.82 Å². The van der Waals surface area contributed by atoms with Crippen molar-refractivity contribution in [1.29, 1.82) is 0 Å². The Hall–Kier alpha value is -7.63. The van der Waals surface area contributed by atoms with Gasteiger partial charge in [-0.2, -0.15) is 0 Å². The van der Waals surface area contributed by atoms with E-state index in [1.165, 1.54) is 21.8 Å². The second-order valence-corrected chi connectivity index (χ2v) is 14.1. The van der Waals surface area contributed by atoms with E-state index < -0.39 is 0 Å². The minimum Gasteiger partial charge on any atom is -0.456 e. The molecule has 4 heterocycles. The quantitative estimate of drug-likeness (QED) is 0.172. The zero-order chi connectivity index (χ0) is 37.0. The maximum absolute atomic E-state index is 6.31. The molecule has 0 atom stereocenters. The van der Waals surface area contributed by atoms with Crippen molar-refractivity contribution in [1.82, 2.24) is 19.5 Å². The summed E-state index contributed by atoms with van der Waals surface area (Å²) in [4.78, 5) is 15.0. The molecule has 5 heteroatoms. The molecule has 0 radical (unpaired) electrons. The largest absolute Gasteiger partial charge is 0.456 e. The molecule has 0 unspecified atom stereocenters. The molecule has 0 saturated heterocycles. The van der Waals surface area contributed by atoms with E-state index in [0.29, 0.717) is 5.82 Å². The number of hydrogen-bond donors (Lipinski definition) is 0. The van der Waals surface area contributed by atoms with Crippen molar-refractivity contribution >= 4 is 43.7 Å². The molecule has 11 rings (SSSR count). The van der Waals surface area contributed by atoms with Gasteiger partial charge in [0, 0.05) is 61.9 Å². The summed E-state index contributed by atoms with van der Waals surface area (Å²) < 4.78 is 8.66. The van der Waals surface area contributed by atoms with Crippen LogP contribution in [0.25, 0.3) is 106 Å². The van der Waals surface area contributed by atoms with Crippen molar-refractivity contribution in [3.05, 3.63) is 194 Å². The highest BCUT2D eigenvalue weighted by Crippen LogP contribution is 2.40. The normalized spacial score (nSPS) is 11.6. The molecule has 0 spiro atoms. The summed E-state index contributed by atoms with van der Waals surface area (Å²) in [6, 6.07) is 63.6. The van der Waals surface area contributed by atoms with Crippen LogP contribution in [0.2, 0.25) is 0 Å². The molecule has 4 aromatic heterocycles. The molecule has 7 aromatic carbocycles. The fraction of sp³-hybridized carbons (Fsp3) is 0. The summed E-state index contributed by atoms with van der Waals surface area (Å²) in [5.74, 6) is 0.659. The van der Waals surface area contributed by atoms with Crippen molar-refractivity contribution in [2.24, 2.45) is 0 Å². The van der Waals surface area contributed by atoms with Crippen LogP contribution in [-0.4, -0.2) is 19.5 Å². The average Bonchev–Trinajstić information content (AvgIpc) is 3.83. The lowest BCUT2D eigenvalue weighted by Gasteiger charge is -2.14. The molecular weight excluding hydrogens is 685 g/mol. The average molecular weight is 717 g/mol. The van der Waals surface area contributed by atoms with E-state index in [-0.39, 0.29) is 0 Å². The zero-order valence-corrected chi connectivity index (χ0v) is 30.2. The van der Waals surface area contributed by atoms with Crippen LogP contribution in [0.4, 0.5) is 0 Å². The van der Waals surface area contributed by atoms with Crippen LogP contribution in [0, 0.1) is 0 Å². The third-order valence-corrected chi connectivity index (χ3v) is 10.7. The SMILES string of the molecule is c1ccc(-c2nc(-c3cc(-c4cccnc4)cc(-c4ccc5c(c4)c4ccccc4n5-c4ccccc4)c3)cc(-c3cccc4oc5ccccc5c34)n2)cc1. The minimum atomic E-state index is 0.659. The van der Waals surface area contributed by atoms with Crippen molar-refractivity contribution in [2.45, 2.75) is 0 Å². The number of para-hydroxylation sites is 3. The van der Waals surface area contributed by atoms with E-state index in [0.717, 1.165) is 78.0 Å². The summed E-state index contributed by atoms with van der Waals surface area (Å²) in [5.41, 5.74) is 14.0. The van der Waals surface area contributed by atoms with E-state index in [4.69, 9.17) is 14.4 Å². The Balaban J connectivity index is 1.15. The van der Waals surface area contributed by atoms with Crippen molar-refractivity contribution in [3.63, 3.8) is 0 Å². The Bertz CT molecular complexity index is 3240. The van der Waals surface area contributed by atoms with Crippen LogP contribution in [-0.2, 0) is 0 Å². The van der Waals surface area contributed by atoms with Crippen molar-refractivity contribution in [3.8, 4) is 61.8 Å². The monoisotopic (exact) mass is 716 g/mol. The topological polar surface area (TPSA) is 56.7 Å². The highest BCUT2D eigenvalue weighted by molar-refractivity contribution is 6.12. The van der Waals surface area contributed by atoms with Gasteiger partial charge in [0.25, 0.3) is 0 Å². The van der Waals surface area contributed by atoms with Gasteiger partial charge in [-0.1, -0.05) is 109 Å². The van der Waals surface area contributed by atoms with Gasteiger partial charge in [-0.05, 0) is 89.5 Å². The first-order valence-corrected chi connectivity index (χ1v) is 18.8. The number of aromatic nitrogens is 4. The summed E-state index contributed by atoms with van der Waals surface area (Å²) in [6.07, 6.45) is 3.73.